The zero-order chi connectivity index (χ0) is 25.8. The van der Waals surface area contributed by atoms with Crippen LogP contribution < -0.4 is 15.4 Å². The summed E-state index contributed by atoms with van der Waals surface area (Å²) < 4.78 is 51.6. The summed E-state index contributed by atoms with van der Waals surface area (Å²) in [6.07, 6.45) is 1.74. The molecule has 1 saturated heterocycles. The minimum atomic E-state index is -4.60. The number of aromatic nitrogens is 3. The van der Waals surface area contributed by atoms with E-state index in [9.17, 15) is 18.0 Å². The molecule has 0 radical (unpaired) electrons. The molecule has 1 aromatic carbocycles. The molecule has 1 fully saturated rings. The van der Waals surface area contributed by atoms with E-state index in [4.69, 9.17) is 9.47 Å². The van der Waals surface area contributed by atoms with Gasteiger partial charge in [0.1, 0.15) is 23.8 Å². The van der Waals surface area contributed by atoms with E-state index in [-0.39, 0.29) is 29.7 Å². The maximum Gasteiger partial charge on any atom is 0.419 e. The van der Waals surface area contributed by atoms with Crippen LogP contribution in [0, 0.1) is 0 Å². The molecule has 1 unspecified atom stereocenters. The number of carbonyl (C=O) groups excluding carboxylic acids is 1. The number of halogens is 3. The summed E-state index contributed by atoms with van der Waals surface area (Å²) >= 11 is 0. The quantitative estimate of drug-likeness (QED) is 0.293. The Balaban J connectivity index is 1.32. The van der Waals surface area contributed by atoms with Crippen LogP contribution in [0.2, 0.25) is 0 Å². The fourth-order valence-corrected chi connectivity index (χ4v) is 4.19. The molecular weight excluding hydrogens is 487 g/mol. The van der Waals surface area contributed by atoms with E-state index < -0.39 is 17.6 Å². The number of rotatable bonds is 8. The summed E-state index contributed by atoms with van der Waals surface area (Å²) in [6.45, 7) is 0.950. The fourth-order valence-electron chi connectivity index (χ4n) is 4.19. The van der Waals surface area contributed by atoms with Gasteiger partial charge in [0, 0.05) is 48.9 Å². The molecule has 192 valence electrons. The van der Waals surface area contributed by atoms with E-state index >= 15 is 0 Å². The average molecular weight is 512 g/mol. The lowest BCUT2D eigenvalue weighted by molar-refractivity contribution is -0.139. The SMILES string of the molecule is O=C(Nc1ccc(C(F)(F)F)c(OCC2CCCO2)c1)c1cccnc1NCc1ccnc2[nH]ccc12. The molecular formula is C26H24F3N5O3. The Bertz CT molecular complexity index is 1400. The highest BCUT2D eigenvalue weighted by atomic mass is 19.4. The second kappa shape index (κ2) is 10.5. The Kier molecular flexibility index (Phi) is 6.95. The maximum atomic E-state index is 13.5. The number of nitrogens with one attached hydrogen (secondary N) is 3. The molecule has 1 atom stereocenters. The topological polar surface area (TPSA) is 101 Å². The van der Waals surface area contributed by atoms with Crippen molar-refractivity contribution in [3.05, 3.63) is 77.7 Å². The highest BCUT2D eigenvalue weighted by molar-refractivity contribution is 6.07. The van der Waals surface area contributed by atoms with Crippen molar-refractivity contribution in [2.75, 3.05) is 23.8 Å². The minimum absolute atomic E-state index is 0.000566. The first-order chi connectivity index (χ1) is 17.9. The average Bonchev–Trinajstić information content (AvgIpc) is 3.58. The van der Waals surface area contributed by atoms with E-state index in [0.717, 1.165) is 35.5 Å². The second-order valence-electron chi connectivity index (χ2n) is 8.57. The summed E-state index contributed by atoms with van der Waals surface area (Å²) in [6, 6.07) is 10.2. The molecule has 11 heteroatoms. The first kappa shape index (κ1) is 24.6. The van der Waals surface area contributed by atoms with Crippen molar-refractivity contribution in [3.8, 4) is 5.75 Å². The summed E-state index contributed by atoms with van der Waals surface area (Å²) in [7, 11) is 0. The van der Waals surface area contributed by atoms with Crippen molar-refractivity contribution in [3.63, 3.8) is 0 Å². The number of alkyl halides is 3. The van der Waals surface area contributed by atoms with Gasteiger partial charge < -0.3 is 25.1 Å². The van der Waals surface area contributed by atoms with Gasteiger partial charge in [-0.15, -0.1) is 0 Å². The summed E-state index contributed by atoms with van der Waals surface area (Å²) in [5.41, 5.74) is 1.19. The molecule has 1 aliphatic rings. The number of fused-ring (bicyclic) bond motifs is 1. The van der Waals surface area contributed by atoms with Crippen molar-refractivity contribution in [2.24, 2.45) is 0 Å². The number of pyridine rings is 2. The van der Waals surface area contributed by atoms with E-state index in [1.54, 1.807) is 30.7 Å². The Morgan fingerprint density at radius 3 is 2.86 bits per heavy atom. The number of ether oxygens (including phenoxy) is 2. The number of H-pyrrole nitrogens is 1. The monoisotopic (exact) mass is 511 g/mol. The van der Waals surface area contributed by atoms with Crippen LogP contribution in [0.15, 0.2) is 61.1 Å². The third-order valence-corrected chi connectivity index (χ3v) is 6.04. The summed E-state index contributed by atoms with van der Waals surface area (Å²) in [4.78, 5) is 24.7. The second-order valence-corrected chi connectivity index (χ2v) is 8.57. The molecule has 0 saturated carbocycles. The third-order valence-electron chi connectivity index (χ3n) is 6.04. The van der Waals surface area contributed by atoms with Gasteiger partial charge in [0.05, 0.1) is 17.2 Å². The smallest absolute Gasteiger partial charge is 0.419 e. The van der Waals surface area contributed by atoms with Crippen LogP contribution in [0.4, 0.5) is 24.7 Å². The van der Waals surface area contributed by atoms with Crippen LogP contribution in [0.1, 0.15) is 34.3 Å². The van der Waals surface area contributed by atoms with Crippen LogP contribution in [0.25, 0.3) is 11.0 Å². The Hall–Kier alpha value is -4.12. The number of hydrogen-bond acceptors (Lipinski definition) is 6. The Labute approximate surface area is 210 Å². The lowest BCUT2D eigenvalue weighted by Gasteiger charge is -2.18. The predicted octanol–water partition coefficient (Wildman–Crippen LogP) is 5.40. The van der Waals surface area contributed by atoms with E-state index in [2.05, 4.69) is 25.6 Å². The number of nitrogens with zero attached hydrogens (tertiary/aromatic N) is 2. The highest BCUT2D eigenvalue weighted by Crippen LogP contribution is 2.38. The van der Waals surface area contributed by atoms with Crippen LogP contribution in [0.5, 0.6) is 5.75 Å². The van der Waals surface area contributed by atoms with Gasteiger partial charge >= 0.3 is 6.18 Å². The molecule has 5 rings (SSSR count). The summed E-state index contributed by atoms with van der Waals surface area (Å²) in [5.74, 6) is -0.553. The van der Waals surface area contributed by atoms with Crippen LogP contribution in [0.3, 0.4) is 0 Å². The molecule has 1 amide bonds. The van der Waals surface area contributed by atoms with Gasteiger partial charge in [0.25, 0.3) is 5.91 Å². The first-order valence-corrected chi connectivity index (χ1v) is 11.8. The van der Waals surface area contributed by atoms with Gasteiger partial charge in [-0.2, -0.15) is 13.2 Å². The van der Waals surface area contributed by atoms with Gasteiger partial charge in [0.15, 0.2) is 0 Å². The van der Waals surface area contributed by atoms with Crippen LogP contribution in [-0.4, -0.2) is 40.2 Å². The van der Waals surface area contributed by atoms with Gasteiger partial charge in [0.2, 0.25) is 0 Å². The van der Waals surface area contributed by atoms with Crippen molar-refractivity contribution in [2.45, 2.75) is 31.7 Å². The van der Waals surface area contributed by atoms with Gasteiger partial charge in [-0.05, 0) is 54.8 Å². The molecule has 4 heterocycles. The van der Waals surface area contributed by atoms with E-state index in [1.807, 2.05) is 12.1 Å². The molecule has 0 spiro atoms. The van der Waals surface area contributed by atoms with Crippen molar-refractivity contribution >= 4 is 28.4 Å². The molecule has 1 aliphatic heterocycles. The Morgan fingerprint density at radius 2 is 2.05 bits per heavy atom. The fraction of sp³-hybridized carbons (Fsp3) is 0.269. The number of aromatic amines is 1. The molecule has 4 aromatic rings. The van der Waals surface area contributed by atoms with Crippen molar-refractivity contribution in [1.82, 2.24) is 15.0 Å². The molecule has 8 nitrogen and oxygen atoms in total. The van der Waals surface area contributed by atoms with Gasteiger partial charge in [-0.3, -0.25) is 4.79 Å². The first-order valence-electron chi connectivity index (χ1n) is 11.8. The third kappa shape index (κ3) is 5.67. The van der Waals surface area contributed by atoms with Gasteiger partial charge in [-0.1, -0.05) is 0 Å². The highest BCUT2D eigenvalue weighted by Gasteiger charge is 2.35. The lowest BCUT2D eigenvalue weighted by Crippen LogP contribution is -2.19. The number of amides is 1. The molecule has 0 bridgehead atoms. The van der Waals surface area contributed by atoms with Gasteiger partial charge in [-0.25, -0.2) is 9.97 Å². The van der Waals surface area contributed by atoms with Crippen molar-refractivity contribution < 1.29 is 27.4 Å². The van der Waals surface area contributed by atoms with Crippen molar-refractivity contribution in [1.29, 1.82) is 0 Å². The molecule has 0 aliphatic carbocycles. The van der Waals surface area contributed by atoms with Crippen LogP contribution >= 0.6 is 0 Å². The molecule has 37 heavy (non-hydrogen) atoms. The zero-order valence-corrected chi connectivity index (χ0v) is 19.6. The number of anilines is 2. The van der Waals surface area contributed by atoms with E-state index in [1.165, 1.54) is 12.1 Å². The standard InChI is InChI=1S/C26H24F3N5O3/c27-26(28,29)21-6-5-17(13-22(21)37-15-18-3-2-12-36-18)34-25(35)20-4-1-9-30-24(20)33-14-16-7-10-31-23-19(16)8-11-32-23/h1,4-11,13,18H,2-3,12,14-15H2,(H,30,33)(H,31,32)(H,34,35). The molecule has 3 aromatic heterocycles. The van der Waals surface area contributed by atoms with E-state index in [0.29, 0.717) is 19.0 Å². The number of hydrogen-bond donors (Lipinski definition) is 3. The number of carbonyl (C=O) groups is 1. The normalized spacial score (nSPS) is 15.6. The minimum Gasteiger partial charge on any atom is -0.490 e. The lowest BCUT2D eigenvalue weighted by atomic mass is 10.1. The molecule has 3 N–H and O–H groups in total. The summed E-state index contributed by atoms with van der Waals surface area (Å²) in [5, 5.41) is 6.77. The maximum absolute atomic E-state index is 13.5. The Morgan fingerprint density at radius 1 is 1.16 bits per heavy atom. The largest absolute Gasteiger partial charge is 0.490 e. The van der Waals surface area contributed by atoms with Crippen LogP contribution in [-0.2, 0) is 17.5 Å². The zero-order valence-electron chi connectivity index (χ0n) is 19.6. The number of benzene rings is 1. The predicted molar refractivity (Wildman–Crippen MR) is 132 cm³/mol.